The molecule has 0 spiro atoms. The van der Waals surface area contributed by atoms with E-state index in [2.05, 4.69) is 10.6 Å². The fourth-order valence-corrected chi connectivity index (χ4v) is 2.44. The maximum absolute atomic E-state index is 12.2. The highest BCUT2D eigenvalue weighted by molar-refractivity contribution is 5.84. The van der Waals surface area contributed by atoms with E-state index in [9.17, 15) is 24.3 Å². The van der Waals surface area contributed by atoms with Crippen LogP contribution in [0.3, 0.4) is 0 Å². The van der Waals surface area contributed by atoms with Gasteiger partial charge in [0.05, 0.1) is 0 Å². The zero-order valence-electron chi connectivity index (χ0n) is 16.6. The van der Waals surface area contributed by atoms with Crippen LogP contribution in [0, 0.1) is 0 Å². The van der Waals surface area contributed by atoms with Gasteiger partial charge in [0.2, 0.25) is 5.91 Å². The number of carbonyl (C=O) groups is 4. The molecule has 1 rings (SSSR count). The topological polar surface area (TPSA) is 134 Å². The lowest BCUT2D eigenvalue weighted by Crippen LogP contribution is -2.45. The first kappa shape index (κ1) is 22.5. The molecule has 0 radical (unpaired) electrons. The number of hydrogen-bond donors (Lipinski definition) is 3. The first-order chi connectivity index (χ1) is 12.2. The van der Waals surface area contributed by atoms with Crippen LogP contribution in [0.4, 0.5) is 9.59 Å². The minimum Gasteiger partial charge on any atom is -0.480 e. The number of ether oxygens (including phenoxy) is 2. The second-order valence-electron chi connectivity index (χ2n) is 8.34. The molecule has 3 N–H and O–H groups in total. The van der Waals surface area contributed by atoms with Crippen molar-refractivity contribution in [1.82, 2.24) is 15.5 Å². The average molecular weight is 387 g/mol. The summed E-state index contributed by atoms with van der Waals surface area (Å²) < 4.78 is 10.2. The van der Waals surface area contributed by atoms with Gasteiger partial charge in [-0.15, -0.1) is 0 Å². The van der Waals surface area contributed by atoms with Gasteiger partial charge in [-0.2, -0.15) is 0 Å². The van der Waals surface area contributed by atoms with E-state index < -0.39 is 47.3 Å². The van der Waals surface area contributed by atoms with E-state index in [0.29, 0.717) is 0 Å². The smallest absolute Gasteiger partial charge is 0.411 e. The van der Waals surface area contributed by atoms with Crippen molar-refractivity contribution in [2.75, 3.05) is 13.1 Å². The SMILES string of the molecule is CC(C)(C)OC(=O)NCC(=O)N[C@H]1C[C@@H](C(=O)O)N(C(=O)OC(C)(C)C)C1. The number of carbonyl (C=O) groups excluding carboxylic acids is 3. The van der Waals surface area contributed by atoms with Gasteiger partial charge in [-0.1, -0.05) is 0 Å². The van der Waals surface area contributed by atoms with Crippen LogP contribution < -0.4 is 10.6 Å². The number of likely N-dealkylation sites (tertiary alicyclic amines) is 1. The number of nitrogens with one attached hydrogen (secondary N) is 2. The predicted octanol–water partition coefficient (Wildman–Crippen LogP) is 1.09. The number of rotatable bonds is 4. The van der Waals surface area contributed by atoms with E-state index in [-0.39, 0.29) is 19.5 Å². The van der Waals surface area contributed by atoms with Crippen LogP contribution in [0.15, 0.2) is 0 Å². The molecule has 1 fully saturated rings. The van der Waals surface area contributed by atoms with E-state index in [1.807, 2.05) is 0 Å². The molecule has 0 saturated carbocycles. The second-order valence-corrected chi connectivity index (χ2v) is 8.34. The standard InChI is InChI=1S/C17H29N3O7/c1-16(2,3)26-14(24)18-8-12(21)19-10-7-11(13(22)23)20(9-10)15(25)27-17(4,5)6/h10-11H,7-9H2,1-6H3,(H,18,24)(H,19,21)(H,22,23)/t10-,11-/m0/s1. The van der Waals surface area contributed by atoms with Crippen LogP contribution in [0.25, 0.3) is 0 Å². The fraction of sp³-hybridized carbons (Fsp3) is 0.765. The molecule has 1 aliphatic rings. The Labute approximate surface area is 158 Å². The molecule has 1 saturated heterocycles. The summed E-state index contributed by atoms with van der Waals surface area (Å²) in [5.74, 6) is -1.69. The lowest BCUT2D eigenvalue weighted by molar-refractivity contribution is -0.142. The van der Waals surface area contributed by atoms with Crippen molar-refractivity contribution in [3.63, 3.8) is 0 Å². The largest absolute Gasteiger partial charge is 0.480 e. The summed E-state index contributed by atoms with van der Waals surface area (Å²) in [6.45, 7) is 9.81. The van der Waals surface area contributed by atoms with Gasteiger partial charge in [0.25, 0.3) is 0 Å². The molecule has 0 aliphatic carbocycles. The van der Waals surface area contributed by atoms with E-state index in [4.69, 9.17) is 9.47 Å². The van der Waals surface area contributed by atoms with Gasteiger partial charge in [-0.3, -0.25) is 9.69 Å². The molecular formula is C17H29N3O7. The highest BCUT2D eigenvalue weighted by atomic mass is 16.6. The molecule has 1 heterocycles. The first-order valence-electron chi connectivity index (χ1n) is 8.66. The molecule has 27 heavy (non-hydrogen) atoms. The average Bonchev–Trinajstić information content (AvgIpc) is 2.85. The molecule has 3 amide bonds. The molecule has 1 aliphatic heterocycles. The number of aliphatic carboxylic acids is 1. The predicted molar refractivity (Wildman–Crippen MR) is 95.1 cm³/mol. The molecule has 10 heteroatoms. The molecular weight excluding hydrogens is 358 g/mol. The zero-order valence-corrected chi connectivity index (χ0v) is 16.6. The van der Waals surface area contributed by atoms with Crippen molar-refractivity contribution in [1.29, 1.82) is 0 Å². The first-order valence-corrected chi connectivity index (χ1v) is 8.66. The Balaban J connectivity index is 2.59. The minimum atomic E-state index is -1.18. The van der Waals surface area contributed by atoms with Crippen molar-refractivity contribution >= 4 is 24.1 Å². The summed E-state index contributed by atoms with van der Waals surface area (Å²) in [5.41, 5.74) is -1.45. The molecule has 154 valence electrons. The highest BCUT2D eigenvalue weighted by Crippen LogP contribution is 2.21. The number of hydrogen-bond acceptors (Lipinski definition) is 6. The Kier molecular flexibility index (Phi) is 7.05. The van der Waals surface area contributed by atoms with E-state index >= 15 is 0 Å². The zero-order chi connectivity index (χ0) is 21.0. The number of nitrogens with zero attached hydrogens (tertiary/aromatic N) is 1. The third-order valence-corrected chi connectivity index (χ3v) is 3.37. The van der Waals surface area contributed by atoms with Crippen molar-refractivity contribution in [2.24, 2.45) is 0 Å². The van der Waals surface area contributed by atoms with Crippen molar-refractivity contribution in [3.05, 3.63) is 0 Å². The highest BCUT2D eigenvalue weighted by Gasteiger charge is 2.42. The van der Waals surface area contributed by atoms with Gasteiger partial charge in [-0.05, 0) is 41.5 Å². The quantitative estimate of drug-likeness (QED) is 0.657. The van der Waals surface area contributed by atoms with Gasteiger partial charge in [0, 0.05) is 19.0 Å². The maximum atomic E-state index is 12.2. The van der Waals surface area contributed by atoms with Crippen molar-refractivity contribution in [3.8, 4) is 0 Å². The number of carboxylic acids is 1. The van der Waals surface area contributed by atoms with Gasteiger partial charge in [-0.25, -0.2) is 14.4 Å². The molecule has 0 unspecified atom stereocenters. The van der Waals surface area contributed by atoms with Gasteiger partial charge >= 0.3 is 18.2 Å². The van der Waals surface area contributed by atoms with Crippen molar-refractivity contribution < 1.29 is 33.8 Å². The third-order valence-electron chi connectivity index (χ3n) is 3.37. The summed E-state index contributed by atoms with van der Waals surface area (Å²) in [6, 6.07) is -1.66. The molecule has 10 nitrogen and oxygen atoms in total. The van der Waals surface area contributed by atoms with Crippen LogP contribution in [-0.2, 0) is 19.1 Å². The number of amides is 3. The number of carboxylic acid groups (broad SMARTS) is 1. The van der Waals surface area contributed by atoms with Crippen LogP contribution in [0.5, 0.6) is 0 Å². The van der Waals surface area contributed by atoms with E-state index in [1.165, 1.54) is 0 Å². The minimum absolute atomic E-state index is 0.00403. The van der Waals surface area contributed by atoms with Crippen LogP contribution in [-0.4, -0.2) is 70.4 Å². The lowest BCUT2D eigenvalue weighted by Gasteiger charge is -2.26. The summed E-state index contributed by atoms with van der Waals surface area (Å²) in [6.07, 6.45) is -1.44. The molecule has 0 bridgehead atoms. The van der Waals surface area contributed by atoms with Crippen molar-refractivity contribution in [2.45, 2.75) is 71.2 Å². The van der Waals surface area contributed by atoms with Gasteiger partial charge in [0.15, 0.2) is 0 Å². The lowest BCUT2D eigenvalue weighted by atomic mass is 10.1. The van der Waals surface area contributed by atoms with E-state index in [0.717, 1.165) is 4.90 Å². The summed E-state index contributed by atoms with van der Waals surface area (Å²) >= 11 is 0. The Hall–Kier alpha value is -2.52. The molecule has 0 aromatic rings. The van der Waals surface area contributed by atoms with E-state index in [1.54, 1.807) is 41.5 Å². The third kappa shape index (κ3) is 8.14. The second kappa shape index (κ2) is 8.45. The molecule has 0 aromatic carbocycles. The molecule has 2 atom stereocenters. The Morgan fingerprint density at radius 2 is 1.59 bits per heavy atom. The number of alkyl carbamates (subject to hydrolysis) is 1. The normalized spacial score (nSPS) is 20.0. The maximum Gasteiger partial charge on any atom is 0.411 e. The van der Waals surface area contributed by atoms with Crippen LogP contribution in [0.1, 0.15) is 48.0 Å². The Morgan fingerprint density at radius 1 is 1.04 bits per heavy atom. The Bertz CT molecular complexity index is 592. The fourth-order valence-electron chi connectivity index (χ4n) is 2.44. The summed E-state index contributed by atoms with van der Waals surface area (Å²) in [5, 5.41) is 14.3. The van der Waals surface area contributed by atoms with Crippen LogP contribution in [0.2, 0.25) is 0 Å². The monoisotopic (exact) mass is 387 g/mol. The summed E-state index contributed by atoms with van der Waals surface area (Å²) in [4.78, 5) is 48.3. The summed E-state index contributed by atoms with van der Waals surface area (Å²) in [7, 11) is 0. The van der Waals surface area contributed by atoms with Gasteiger partial charge < -0.3 is 25.2 Å². The van der Waals surface area contributed by atoms with Gasteiger partial charge in [0.1, 0.15) is 23.8 Å². The van der Waals surface area contributed by atoms with Crippen LogP contribution >= 0.6 is 0 Å². The molecule has 0 aromatic heterocycles. The Morgan fingerprint density at radius 3 is 2.07 bits per heavy atom.